The van der Waals surface area contributed by atoms with Crippen LogP contribution in [0.15, 0.2) is 42.5 Å². The maximum absolute atomic E-state index is 11.6. The van der Waals surface area contributed by atoms with Crippen molar-refractivity contribution in [2.24, 2.45) is 0 Å². The van der Waals surface area contributed by atoms with E-state index >= 15 is 0 Å². The zero-order valence-electron chi connectivity index (χ0n) is 20.0. The van der Waals surface area contributed by atoms with Crippen LogP contribution in [0.1, 0.15) is 55.9 Å². The summed E-state index contributed by atoms with van der Waals surface area (Å²) in [6.07, 6.45) is 1.68. The molecule has 0 radical (unpaired) electrons. The predicted octanol–water partition coefficient (Wildman–Crippen LogP) is 4.81. The Labute approximate surface area is 210 Å². The predicted molar refractivity (Wildman–Crippen MR) is 130 cm³/mol. The number of halogens is 1. The van der Waals surface area contributed by atoms with Crippen LogP contribution in [0.4, 0.5) is 0 Å². The van der Waals surface area contributed by atoms with E-state index < -0.39 is 0 Å². The molecule has 4 rings (SSSR count). The molecule has 0 saturated carbocycles. The van der Waals surface area contributed by atoms with Crippen molar-refractivity contribution in [3.63, 3.8) is 0 Å². The third-order valence-electron chi connectivity index (χ3n) is 6.11. The number of ether oxygens (including phenoxy) is 5. The Balaban J connectivity index is 1.45. The van der Waals surface area contributed by atoms with Gasteiger partial charge in [0.15, 0.2) is 0 Å². The lowest BCUT2D eigenvalue weighted by molar-refractivity contribution is -0.169. The molecule has 0 aromatic heterocycles. The van der Waals surface area contributed by atoms with E-state index in [1.165, 1.54) is 13.8 Å². The molecule has 0 aliphatic carbocycles. The highest BCUT2D eigenvalue weighted by Crippen LogP contribution is 2.35. The van der Waals surface area contributed by atoms with Crippen molar-refractivity contribution in [2.45, 2.75) is 63.9 Å². The highest BCUT2D eigenvalue weighted by molar-refractivity contribution is 6.31. The second-order valence-corrected chi connectivity index (χ2v) is 9.43. The average Bonchev–Trinajstić information content (AvgIpc) is 3.33. The third-order valence-corrected chi connectivity index (χ3v) is 6.48. The number of carbonyl (C=O) groups excluding carboxylic acids is 2. The zero-order valence-corrected chi connectivity index (χ0v) is 20.8. The highest BCUT2D eigenvalue weighted by atomic mass is 35.5. The molecule has 7 nitrogen and oxygen atoms in total. The van der Waals surface area contributed by atoms with E-state index in [9.17, 15) is 9.59 Å². The summed E-state index contributed by atoms with van der Waals surface area (Å²) in [4.78, 5) is 22.8. The van der Waals surface area contributed by atoms with Crippen LogP contribution in [-0.2, 0) is 35.0 Å². The third kappa shape index (κ3) is 7.43. The van der Waals surface area contributed by atoms with Gasteiger partial charge in [0.25, 0.3) is 0 Å². The Morgan fingerprint density at radius 2 is 1.83 bits per heavy atom. The van der Waals surface area contributed by atoms with Crippen LogP contribution in [0.25, 0.3) is 0 Å². The van der Waals surface area contributed by atoms with Gasteiger partial charge in [0.05, 0.1) is 25.4 Å². The molecule has 2 saturated heterocycles. The minimum absolute atomic E-state index is 0.114. The molecule has 2 aliphatic rings. The smallest absolute Gasteiger partial charge is 0.302 e. The van der Waals surface area contributed by atoms with Gasteiger partial charge in [-0.05, 0) is 41.3 Å². The summed E-state index contributed by atoms with van der Waals surface area (Å²) in [5.74, 6) is 0.114. The molecule has 8 heteroatoms. The van der Waals surface area contributed by atoms with Crippen LogP contribution in [0.3, 0.4) is 0 Å². The van der Waals surface area contributed by atoms with Gasteiger partial charge in [-0.2, -0.15) is 0 Å². The molecule has 2 aromatic rings. The largest absolute Gasteiger partial charge is 0.488 e. The van der Waals surface area contributed by atoms with Crippen molar-refractivity contribution in [3.05, 3.63) is 64.2 Å². The summed E-state index contributed by atoms with van der Waals surface area (Å²) in [6, 6.07) is 13.8. The molecule has 0 amide bonds. The Bertz CT molecular complexity index is 1020. The van der Waals surface area contributed by atoms with Crippen LogP contribution in [0.5, 0.6) is 5.75 Å². The van der Waals surface area contributed by atoms with Gasteiger partial charge in [0, 0.05) is 38.1 Å². The molecule has 0 unspecified atom stereocenters. The number of benzene rings is 2. The zero-order chi connectivity index (χ0) is 24.8. The minimum atomic E-state index is -0.374. The Morgan fingerprint density at radius 1 is 1.03 bits per heavy atom. The molecule has 2 aromatic carbocycles. The number of hydrogen-bond acceptors (Lipinski definition) is 7. The number of esters is 2. The molecule has 0 N–H and O–H groups in total. The summed E-state index contributed by atoms with van der Waals surface area (Å²) < 4.78 is 28.2. The molecule has 2 aliphatic heterocycles. The SMILES string of the molecule is CC(=O)OC[C@@H]1C[C@H](OC(C)=O)C[C@H](c2ccc(Cl)c(Cc3ccc(O[C@H]4CCOC4)cc3)c2)O1. The Kier molecular flexibility index (Phi) is 8.65. The first-order chi connectivity index (χ1) is 16.9. The maximum atomic E-state index is 11.6. The number of hydrogen-bond donors (Lipinski definition) is 0. The van der Waals surface area contributed by atoms with Gasteiger partial charge < -0.3 is 23.7 Å². The van der Waals surface area contributed by atoms with Gasteiger partial charge in [0.1, 0.15) is 24.6 Å². The summed E-state index contributed by atoms with van der Waals surface area (Å²) in [7, 11) is 0. The molecule has 2 heterocycles. The lowest BCUT2D eigenvalue weighted by Crippen LogP contribution is -2.36. The topological polar surface area (TPSA) is 80.3 Å². The molecule has 35 heavy (non-hydrogen) atoms. The van der Waals surface area contributed by atoms with Crippen molar-refractivity contribution >= 4 is 23.5 Å². The van der Waals surface area contributed by atoms with Gasteiger partial charge in [0.2, 0.25) is 0 Å². The lowest BCUT2D eigenvalue weighted by atomic mass is 9.94. The molecular weight excluding hydrogens is 472 g/mol. The lowest BCUT2D eigenvalue weighted by Gasteiger charge is -2.35. The van der Waals surface area contributed by atoms with E-state index in [1.54, 1.807) is 0 Å². The van der Waals surface area contributed by atoms with Crippen LogP contribution in [-0.4, -0.2) is 50.1 Å². The van der Waals surface area contributed by atoms with E-state index in [-0.39, 0.29) is 43.0 Å². The molecule has 188 valence electrons. The standard InChI is InChI=1S/C27H31ClO7/c1-17(29)32-16-25-13-24(33-18(2)30)14-27(35-25)20-5-8-26(28)21(12-20)11-19-3-6-22(7-4-19)34-23-9-10-31-15-23/h3-8,12,23-25,27H,9-11,13-16H2,1-2H3/t23-,24-,25-,27+/m0/s1. The van der Waals surface area contributed by atoms with E-state index in [0.717, 1.165) is 35.5 Å². The van der Waals surface area contributed by atoms with Gasteiger partial charge in [-0.25, -0.2) is 0 Å². The van der Waals surface area contributed by atoms with E-state index in [2.05, 4.69) is 0 Å². The molecular formula is C27H31ClO7. The molecule has 2 fully saturated rings. The fourth-order valence-corrected chi connectivity index (χ4v) is 4.65. The van der Waals surface area contributed by atoms with Crippen LogP contribution < -0.4 is 4.74 Å². The van der Waals surface area contributed by atoms with Crippen LogP contribution >= 0.6 is 11.6 Å². The van der Waals surface area contributed by atoms with Gasteiger partial charge in [-0.15, -0.1) is 0 Å². The Hall–Kier alpha value is -2.61. The molecule has 0 spiro atoms. The fourth-order valence-electron chi connectivity index (χ4n) is 4.47. The first-order valence-corrected chi connectivity index (χ1v) is 12.3. The first-order valence-electron chi connectivity index (χ1n) is 11.9. The summed E-state index contributed by atoms with van der Waals surface area (Å²) in [5.41, 5.74) is 3.01. The van der Waals surface area contributed by atoms with E-state index in [4.69, 9.17) is 35.3 Å². The van der Waals surface area contributed by atoms with Crippen molar-refractivity contribution in [1.29, 1.82) is 0 Å². The van der Waals surface area contributed by atoms with Crippen molar-refractivity contribution < 1.29 is 33.3 Å². The fraction of sp³-hybridized carbons (Fsp3) is 0.481. The van der Waals surface area contributed by atoms with Gasteiger partial charge in [-0.1, -0.05) is 35.9 Å². The molecule has 4 atom stereocenters. The van der Waals surface area contributed by atoms with Crippen molar-refractivity contribution in [1.82, 2.24) is 0 Å². The van der Waals surface area contributed by atoms with Crippen molar-refractivity contribution in [3.8, 4) is 5.75 Å². The van der Waals surface area contributed by atoms with Crippen LogP contribution in [0, 0.1) is 0 Å². The van der Waals surface area contributed by atoms with Gasteiger partial charge >= 0.3 is 11.9 Å². The maximum Gasteiger partial charge on any atom is 0.302 e. The highest BCUT2D eigenvalue weighted by Gasteiger charge is 2.33. The average molecular weight is 503 g/mol. The Morgan fingerprint density at radius 3 is 2.51 bits per heavy atom. The summed E-state index contributed by atoms with van der Waals surface area (Å²) in [5, 5.41) is 0.668. The van der Waals surface area contributed by atoms with E-state index in [1.807, 2.05) is 42.5 Å². The minimum Gasteiger partial charge on any atom is -0.488 e. The second kappa shape index (κ2) is 11.9. The second-order valence-electron chi connectivity index (χ2n) is 9.03. The van der Waals surface area contributed by atoms with Gasteiger partial charge in [-0.3, -0.25) is 9.59 Å². The van der Waals surface area contributed by atoms with Crippen LogP contribution in [0.2, 0.25) is 5.02 Å². The number of carbonyl (C=O) groups is 2. The quantitative estimate of drug-likeness (QED) is 0.479. The normalized spacial score (nSPS) is 24.1. The summed E-state index contributed by atoms with van der Waals surface area (Å²) in [6.45, 7) is 4.24. The number of rotatable bonds is 8. The molecule has 0 bridgehead atoms. The van der Waals surface area contributed by atoms with E-state index in [0.29, 0.717) is 30.9 Å². The summed E-state index contributed by atoms with van der Waals surface area (Å²) >= 11 is 6.53. The first kappa shape index (κ1) is 25.5. The van der Waals surface area contributed by atoms with Crippen molar-refractivity contribution in [2.75, 3.05) is 19.8 Å². The monoisotopic (exact) mass is 502 g/mol.